The highest BCUT2D eigenvalue weighted by Gasteiger charge is 1.97. The van der Waals surface area contributed by atoms with Gasteiger partial charge in [0.15, 0.2) is 0 Å². The fourth-order valence-electron chi connectivity index (χ4n) is 3.60. The Balaban J connectivity index is 2.98. The van der Waals surface area contributed by atoms with Crippen molar-refractivity contribution in [3.63, 3.8) is 0 Å². The number of unbranched alkanes of at least 4 members (excludes halogenated alkanes) is 17. The minimum absolute atomic E-state index is 0.344. The molecule has 0 amide bonds. The average Bonchev–Trinajstić information content (AvgIpc) is 2.65. The summed E-state index contributed by atoms with van der Waals surface area (Å²) in [5, 5.41) is 12.1. The van der Waals surface area contributed by atoms with Gasteiger partial charge in [0.2, 0.25) is 0 Å². The van der Waals surface area contributed by atoms with E-state index < -0.39 is 5.97 Å². The minimum Gasteiger partial charge on any atom is -0.481 e. The lowest BCUT2D eigenvalue weighted by Crippen LogP contribution is -2.16. The smallest absolute Gasteiger partial charge is 0.303 e. The van der Waals surface area contributed by atoms with Gasteiger partial charge in [0.1, 0.15) is 0 Å². The van der Waals surface area contributed by atoms with Gasteiger partial charge in [0, 0.05) is 6.42 Å². The monoisotopic (exact) mass is 383 g/mol. The van der Waals surface area contributed by atoms with Gasteiger partial charge in [-0.1, -0.05) is 110 Å². The molecule has 0 heterocycles. The molecule has 0 aromatic carbocycles. The first kappa shape index (κ1) is 26.4. The lowest BCUT2D eigenvalue weighted by Gasteiger charge is -2.05. The molecule has 0 atom stereocenters. The summed E-state index contributed by atoms with van der Waals surface area (Å²) < 4.78 is 0. The van der Waals surface area contributed by atoms with E-state index in [-0.39, 0.29) is 0 Å². The molecular formula is C24H49NO2. The predicted octanol–water partition coefficient (Wildman–Crippen LogP) is 7.48. The molecule has 0 aliphatic rings. The van der Waals surface area contributed by atoms with Crippen LogP contribution in [0, 0.1) is 0 Å². The summed E-state index contributed by atoms with van der Waals surface area (Å²) in [6.45, 7) is 4.66. The molecular weight excluding hydrogens is 334 g/mol. The van der Waals surface area contributed by atoms with Crippen molar-refractivity contribution >= 4 is 5.97 Å². The number of rotatable bonds is 23. The molecule has 27 heavy (non-hydrogen) atoms. The van der Waals surface area contributed by atoms with Crippen molar-refractivity contribution in [3.8, 4) is 0 Å². The highest BCUT2D eigenvalue weighted by atomic mass is 16.4. The van der Waals surface area contributed by atoms with Crippen LogP contribution in [-0.4, -0.2) is 24.2 Å². The second-order valence-electron chi connectivity index (χ2n) is 8.26. The molecule has 0 aliphatic carbocycles. The van der Waals surface area contributed by atoms with Crippen molar-refractivity contribution in [2.24, 2.45) is 0 Å². The van der Waals surface area contributed by atoms with Gasteiger partial charge in [-0.15, -0.1) is 0 Å². The van der Waals surface area contributed by atoms with E-state index in [1.165, 1.54) is 122 Å². The molecule has 2 N–H and O–H groups in total. The van der Waals surface area contributed by atoms with Crippen LogP contribution in [0.2, 0.25) is 0 Å². The van der Waals surface area contributed by atoms with E-state index in [0.717, 1.165) is 12.8 Å². The molecule has 0 aromatic rings. The van der Waals surface area contributed by atoms with Gasteiger partial charge in [0.25, 0.3) is 0 Å². The molecule has 0 bridgehead atoms. The lowest BCUT2D eigenvalue weighted by molar-refractivity contribution is -0.137. The Kier molecular flexibility index (Phi) is 23.0. The summed E-state index contributed by atoms with van der Waals surface area (Å²) in [7, 11) is 0. The van der Waals surface area contributed by atoms with Crippen molar-refractivity contribution in [3.05, 3.63) is 0 Å². The van der Waals surface area contributed by atoms with Crippen LogP contribution >= 0.6 is 0 Å². The number of aliphatic carboxylic acids is 1. The quantitative estimate of drug-likeness (QED) is 0.180. The Morgan fingerprint density at radius 1 is 0.556 bits per heavy atom. The van der Waals surface area contributed by atoms with Gasteiger partial charge < -0.3 is 10.4 Å². The third-order valence-corrected chi connectivity index (χ3v) is 5.45. The number of carbonyl (C=O) groups is 1. The van der Waals surface area contributed by atoms with E-state index >= 15 is 0 Å². The summed E-state index contributed by atoms with van der Waals surface area (Å²) >= 11 is 0. The van der Waals surface area contributed by atoms with E-state index in [2.05, 4.69) is 12.2 Å². The third kappa shape index (κ3) is 25.4. The molecule has 0 rings (SSSR count). The van der Waals surface area contributed by atoms with Crippen molar-refractivity contribution < 1.29 is 9.90 Å². The largest absolute Gasteiger partial charge is 0.481 e. The first-order chi connectivity index (χ1) is 13.3. The molecule has 0 saturated carbocycles. The third-order valence-electron chi connectivity index (χ3n) is 5.45. The molecule has 0 aliphatic heterocycles. The number of carboxylic acids is 1. The molecule has 0 fully saturated rings. The fraction of sp³-hybridized carbons (Fsp3) is 0.958. The molecule has 0 unspecified atom stereocenters. The van der Waals surface area contributed by atoms with Crippen LogP contribution < -0.4 is 5.32 Å². The van der Waals surface area contributed by atoms with Crippen molar-refractivity contribution in [1.29, 1.82) is 0 Å². The number of hydrogen-bond donors (Lipinski definition) is 2. The van der Waals surface area contributed by atoms with Crippen molar-refractivity contribution in [2.75, 3.05) is 13.1 Å². The van der Waals surface area contributed by atoms with Crippen LogP contribution in [0.3, 0.4) is 0 Å². The molecule has 0 aromatic heterocycles. The molecule has 162 valence electrons. The maximum Gasteiger partial charge on any atom is 0.303 e. The highest BCUT2D eigenvalue weighted by Crippen LogP contribution is 2.14. The van der Waals surface area contributed by atoms with E-state index in [9.17, 15) is 4.79 Å². The van der Waals surface area contributed by atoms with E-state index in [1.54, 1.807) is 0 Å². The zero-order valence-electron chi connectivity index (χ0n) is 18.4. The number of hydrogen-bond acceptors (Lipinski definition) is 2. The SMILES string of the molecule is CCCCNCCCCCCCCCCCCCCCCCCCC(=O)O. The Morgan fingerprint density at radius 2 is 0.889 bits per heavy atom. The number of carboxylic acid groups (broad SMARTS) is 1. The molecule has 0 saturated heterocycles. The van der Waals surface area contributed by atoms with Crippen LogP contribution in [0.5, 0.6) is 0 Å². The van der Waals surface area contributed by atoms with Gasteiger partial charge in [-0.2, -0.15) is 0 Å². The Bertz CT molecular complexity index is 294. The fourth-order valence-corrected chi connectivity index (χ4v) is 3.60. The van der Waals surface area contributed by atoms with Gasteiger partial charge in [-0.05, 0) is 32.4 Å². The van der Waals surface area contributed by atoms with Crippen LogP contribution in [0.15, 0.2) is 0 Å². The lowest BCUT2D eigenvalue weighted by atomic mass is 10.0. The zero-order valence-corrected chi connectivity index (χ0v) is 18.4. The summed E-state index contributed by atoms with van der Waals surface area (Å²) in [6.07, 6.45) is 25.6. The van der Waals surface area contributed by atoms with Crippen LogP contribution in [-0.2, 0) is 4.79 Å². The van der Waals surface area contributed by atoms with Gasteiger partial charge in [-0.25, -0.2) is 0 Å². The zero-order chi connectivity index (χ0) is 19.8. The van der Waals surface area contributed by atoms with Crippen molar-refractivity contribution in [2.45, 2.75) is 135 Å². The Labute approximate surface area is 170 Å². The van der Waals surface area contributed by atoms with Crippen LogP contribution in [0.4, 0.5) is 0 Å². The number of nitrogens with one attached hydrogen (secondary N) is 1. The molecule has 0 radical (unpaired) electrons. The maximum atomic E-state index is 10.4. The summed E-state index contributed by atoms with van der Waals surface area (Å²) in [4.78, 5) is 10.4. The van der Waals surface area contributed by atoms with Gasteiger partial charge in [-0.3, -0.25) is 4.79 Å². The summed E-state index contributed by atoms with van der Waals surface area (Å²) in [5.74, 6) is -0.652. The van der Waals surface area contributed by atoms with E-state index in [0.29, 0.717) is 6.42 Å². The van der Waals surface area contributed by atoms with Crippen LogP contribution in [0.25, 0.3) is 0 Å². The molecule has 3 nitrogen and oxygen atoms in total. The summed E-state index contributed by atoms with van der Waals surface area (Å²) in [5.41, 5.74) is 0. The Morgan fingerprint density at radius 3 is 1.26 bits per heavy atom. The normalized spacial score (nSPS) is 11.1. The van der Waals surface area contributed by atoms with E-state index in [1.807, 2.05) is 0 Å². The first-order valence-electron chi connectivity index (χ1n) is 12.2. The van der Waals surface area contributed by atoms with Crippen LogP contribution in [0.1, 0.15) is 135 Å². The van der Waals surface area contributed by atoms with Gasteiger partial charge >= 0.3 is 5.97 Å². The average molecular weight is 384 g/mol. The maximum absolute atomic E-state index is 10.4. The standard InChI is InChI=1S/C24H49NO2/c1-2-3-22-25-23-20-18-16-14-12-10-8-6-4-5-7-9-11-13-15-17-19-21-24(26)27/h25H,2-23H2,1H3,(H,26,27). The summed E-state index contributed by atoms with van der Waals surface area (Å²) in [6, 6.07) is 0. The van der Waals surface area contributed by atoms with Gasteiger partial charge in [0.05, 0.1) is 0 Å². The molecule has 0 spiro atoms. The molecule has 3 heteroatoms. The minimum atomic E-state index is -0.652. The van der Waals surface area contributed by atoms with Crippen molar-refractivity contribution in [1.82, 2.24) is 5.32 Å². The topological polar surface area (TPSA) is 49.3 Å². The Hall–Kier alpha value is -0.570. The second-order valence-corrected chi connectivity index (χ2v) is 8.26. The van der Waals surface area contributed by atoms with E-state index in [4.69, 9.17) is 5.11 Å². The first-order valence-corrected chi connectivity index (χ1v) is 12.2. The highest BCUT2D eigenvalue weighted by molar-refractivity contribution is 5.66. The second kappa shape index (κ2) is 23.5. The predicted molar refractivity (Wildman–Crippen MR) is 119 cm³/mol.